The van der Waals surface area contributed by atoms with Crippen molar-refractivity contribution < 1.29 is 34.1 Å². The van der Waals surface area contributed by atoms with Gasteiger partial charge >= 0.3 is 11.9 Å². The average molecular weight is 408 g/mol. The lowest BCUT2D eigenvalue weighted by Gasteiger charge is -2.21. The fourth-order valence-electron chi connectivity index (χ4n) is 3.12. The first-order chi connectivity index (χ1) is 13.8. The van der Waals surface area contributed by atoms with Gasteiger partial charge < -0.3 is 30.3 Å². The lowest BCUT2D eigenvalue weighted by Crippen LogP contribution is -2.38. The van der Waals surface area contributed by atoms with Gasteiger partial charge in [0.15, 0.2) is 6.61 Å². The minimum absolute atomic E-state index is 0.0929. The summed E-state index contributed by atoms with van der Waals surface area (Å²) in [5.41, 5.74) is 0.976. The molecule has 0 spiro atoms. The molecule has 1 aromatic carbocycles. The van der Waals surface area contributed by atoms with Crippen molar-refractivity contribution in [2.45, 2.75) is 50.9 Å². The normalized spacial score (nSPS) is 20.8. The zero-order valence-corrected chi connectivity index (χ0v) is 16.4. The molecule has 0 aliphatic carbocycles. The number of aliphatic hydroxyl groups excluding tert-OH is 1. The standard InChI is InChI=1S/C20H28N2O7/c1-13(23)29-20-16(22-11-17(20)24)10-14-5-7-15(8-6-14)28-12-18(25)21-9-3-2-4-19(26)27/h5-8,16-17,20,22,24H,2-4,9-12H2,1H3,(H,21,25)(H,26,27)/t16-,17+,20+/m1/s1. The van der Waals surface area contributed by atoms with Gasteiger partial charge in [-0.05, 0) is 37.0 Å². The molecule has 9 heteroatoms. The molecule has 29 heavy (non-hydrogen) atoms. The second kappa shape index (κ2) is 11.4. The van der Waals surface area contributed by atoms with Gasteiger partial charge in [0.2, 0.25) is 0 Å². The molecule has 1 aliphatic rings. The molecule has 4 N–H and O–H groups in total. The highest BCUT2D eigenvalue weighted by molar-refractivity contribution is 5.77. The lowest BCUT2D eigenvalue weighted by atomic mass is 10.0. The number of carbonyl (C=O) groups is 3. The van der Waals surface area contributed by atoms with Crippen molar-refractivity contribution in [1.82, 2.24) is 10.6 Å². The van der Waals surface area contributed by atoms with E-state index < -0.39 is 24.1 Å². The fraction of sp³-hybridized carbons (Fsp3) is 0.550. The van der Waals surface area contributed by atoms with Crippen molar-refractivity contribution in [3.05, 3.63) is 29.8 Å². The number of carbonyl (C=O) groups excluding carboxylic acids is 2. The molecular formula is C20H28N2O7. The Balaban J connectivity index is 1.72. The van der Waals surface area contributed by atoms with Crippen LogP contribution in [0.5, 0.6) is 5.75 Å². The fourth-order valence-corrected chi connectivity index (χ4v) is 3.12. The number of aliphatic hydroxyl groups is 1. The number of hydrogen-bond acceptors (Lipinski definition) is 7. The Labute approximate surface area is 169 Å². The Morgan fingerprint density at radius 3 is 2.59 bits per heavy atom. The number of carboxylic acids is 1. The van der Waals surface area contributed by atoms with E-state index in [1.807, 2.05) is 12.1 Å². The molecule has 3 atom stereocenters. The van der Waals surface area contributed by atoms with E-state index in [0.717, 1.165) is 5.56 Å². The van der Waals surface area contributed by atoms with Gasteiger partial charge in [-0.1, -0.05) is 12.1 Å². The summed E-state index contributed by atoms with van der Waals surface area (Å²) in [6.45, 7) is 1.98. The topological polar surface area (TPSA) is 134 Å². The molecule has 0 unspecified atom stereocenters. The third-order valence-corrected chi connectivity index (χ3v) is 4.56. The summed E-state index contributed by atoms with van der Waals surface area (Å²) in [7, 11) is 0. The van der Waals surface area contributed by atoms with Crippen LogP contribution in [0, 0.1) is 0 Å². The van der Waals surface area contributed by atoms with Gasteiger partial charge in [0.25, 0.3) is 5.91 Å². The third kappa shape index (κ3) is 8.08. The number of rotatable bonds is 11. The van der Waals surface area contributed by atoms with Crippen LogP contribution in [-0.2, 0) is 25.5 Å². The van der Waals surface area contributed by atoms with E-state index in [2.05, 4.69) is 10.6 Å². The quantitative estimate of drug-likeness (QED) is 0.302. The van der Waals surface area contributed by atoms with E-state index in [1.54, 1.807) is 12.1 Å². The van der Waals surface area contributed by atoms with E-state index in [4.69, 9.17) is 14.6 Å². The summed E-state index contributed by atoms with van der Waals surface area (Å²) in [5, 5.41) is 24.3. The molecule has 1 aromatic rings. The number of hydrogen-bond donors (Lipinski definition) is 4. The Morgan fingerprint density at radius 2 is 1.93 bits per heavy atom. The van der Waals surface area contributed by atoms with E-state index >= 15 is 0 Å². The van der Waals surface area contributed by atoms with Crippen molar-refractivity contribution >= 4 is 17.8 Å². The summed E-state index contributed by atoms with van der Waals surface area (Å²) in [6.07, 6.45) is 0.479. The van der Waals surface area contributed by atoms with E-state index in [1.165, 1.54) is 6.92 Å². The summed E-state index contributed by atoms with van der Waals surface area (Å²) in [6, 6.07) is 7.04. The number of esters is 1. The van der Waals surface area contributed by atoms with Crippen molar-refractivity contribution in [2.24, 2.45) is 0 Å². The van der Waals surface area contributed by atoms with Crippen molar-refractivity contribution in [2.75, 3.05) is 19.7 Å². The predicted molar refractivity (Wildman–Crippen MR) is 103 cm³/mol. The molecule has 0 saturated carbocycles. The van der Waals surface area contributed by atoms with E-state index in [-0.39, 0.29) is 25.0 Å². The highest BCUT2D eigenvalue weighted by atomic mass is 16.6. The molecule has 1 aliphatic heterocycles. The first-order valence-electron chi connectivity index (χ1n) is 9.64. The van der Waals surface area contributed by atoms with Crippen LogP contribution in [-0.4, -0.2) is 66.0 Å². The first kappa shape index (κ1) is 22.6. The molecule has 1 heterocycles. The van der Waals surface area contributed by atoms with Crippen molar-refractivity contribution in [3.8, 4) is 5.75 Å². The van der Waals surface area contributed by atoms with Crippen LogP contribution < -0.4 is 15.4 Å². The van der Waals surface area contributed by atoms with Gasteiger partial charge in [-0.25, -0.2) is 0 Å². The maximum Gasteiger partial charge on any atom is 0.303 e. The van der Waals surface area contributed by atoms with Crippen molar-refractivity contribution in [1.29, 1.82) is 0 Å². The van der Waals surface area contributed by atoms with E-state index in [9.17, 15) is 19.5 Å². The second-order valence-corrected chi connectivity index (χ2v) is 6.99. The van der Waals surface area contributed by atoms with Crippen LogP contribution in [0.3, 0.4) is 0 Å². The molecule has 0 radical (unpaired) electrons. The smallest absolute Gasteiger partial charge is 0.303 e. The van der Waals surface area contributed by atoms with Gasteiger partial charge in [-0.15, -0.1) is 0 Å². The molecule has 2 rings (SSSR count). The number of nitrogens with one attached hydrogen (secondary N) is 2. The Bertz CT molecular complexity index is 693. The largest absolute Gasteiger partial charge is 0.484 e. The van der Waals surface area contributed by atoms with Gasteiger partial charge in [0.05, 0.1) is 6.04 Å². The maximum atomic E-state index is 11.7. The van der Waals surface area contributed by atoms with Crippen LogP contribution in [0.2, 0.25) is 0 Å². The molecule has 1 amide bonds. The maximum absolute atomic E-state index is 11.7. The summed E-state index contributed by atoms with van der Waals surface area (Å²) in [5.74, 6) is -0.986. The number of benzene rings is 1. The predicted octanol–water partition coefficient (Wildman–Crippen LogP) is 0.243. The van der Waals surface area contributed by atoms with Gasteiger partial charge in [0.1, 0.15) is 18.0 Å². The number of β-amino-alcohol motifs (C(OH)–C–C–N with tert-alkyl or cyclic N) is 1. The Kier molecular flexibility index (Phi) is 8.88. The van der Waals surface area contributed by atoms with Crippen LogP contribution >= 0.6 is 0 Å². The summed E-state index contributed by atoms with van der Waals surface area (Å²) in [4.78, 5) is 33.4. The molecular weight excluding hydrogens is 380 g/mol. The average Bonchev–Trinajstić information content (AvgIpc) is 3.00. The zero-order valence-electron chi connectivity index (χ0n) is 16.4. The highest BCUT2D eigenvalue weighted by Gasteiger charge is 2.37. The summed E-state index contributed by atoms with van der Waals surface area (Å²) >= 11 is 0. The van der Waals surface area contributed by atoms with Gasteiger partial charge in [-0.3, -0.25) is 14.4 Å². The van der Waals surface area contributed by atoms with Crippen LogP contribution in [0.4, 0.5) is 0 Å². The number of unbranched alkanes of at least 4 members (excludes halogenated alkanes) is 1. The molecule has 1 fully saturated rings. The zero-order chi connectivity index (χ0) is 21.2. The van der Waals surface area contributed by atoms with E-state index in [0.29, 0.717) is 38.1 Å². The minimum atomic E-state index is -0.843. The number of aliphatic carboxylic acids is 1. The third-order valence-electron chi connectivity index (χ3n) is 4.56. The van der Waals surface area contributed by atoms with Gasteiger partial charge in [-0.2, -0.15) is 0 Å². The monoisotopic (exact) mass is 408 g/mol. The Hall–Kier alpha value is -2.65. The number of ether oxygens (including phenoxy) is 2. The molecule has 9 nitrogen and oxygen atoms in total. The number of amides is 1. The molecule has 160 valence electrons. The molecule has 1 saturated heterocycles. The SMILES string of the molecule is CC(=O)O[C@@H]1[C@@H](O)CN[C@@H]1Cc1ccc(OCC(=O)NCCCCC(=O)O)cc1. The van der Waals surface area contributed by atoms with Crippen molar-refractivity contribution in [3.63, 3.8) is 0 Å². The molecule has 0 bridgehead atoms. The van der Waals surface area contributed by atoms with Crippen LogP contribution in [0.25, 0.3) is 0 Å². The van der Waals surface area contributed by atoms with Crippen LogP contribution in [0.1, 0.15) is 31.7 Å². The Morgan fingerprint density at radius 1 is 1.21 bits per heavy atom. The second-order valence-electron chi connectivity index (χ2n) is 6.99. The lowest BCUT2D eigenvalue weighted by molar-refractivity contribution is -0.151. The minimum Gasteiger partial charge on any atom is -0.484 e. The summed E-state index contributed by atoms with van der Waals surface area (Å²) < 4.78 is 10.7. The molecule has 0 aromatic heterocycles. The first-order valence-corrected chi connectivity index (χ1v) is 9.64. The van der Waals surface area contributed by atoms with Gasteiger partial charge in [0, 0.05) is 26.4 Å². The van der Waals surface area contributed by atoms with Crippen LogP contribution in [0.15, 0.2) is 24.3 Å². The highest BCUT2D eigenvalue weighted by Crippen LogP contribution is 2.19. The number of carboxylic acid groups (broad SMARTS) is 1.